The molecular weight excluding hydrogens is 412 g/mol. The first-order valence-electron chi connectivity index (χ1n) is 9.28. The number of nitrogens with one attached hydrogen (secondary N) is 1. The third-order valence-electron chi connectivity index (χ3n) is 4.63. The van der Waals surface area contributed by atoms with E-state index in [1.165, 1.54) is 42.3 Å². The topological polar surface area (TPSA) is 110 Å². The number of nitro groups is 1. The van der Waals surface area contributed by atoms with Crippen LogP contribution in [0.5, 0.6) is 0 Å². The van der Waals surface area contributed by atoms with Gasteiger partial charge in [0.25, 0.3) is 11.6 Å². The SMILES string of the molecule is CN(Cc1nc2ccccc2n1C(F)F)C(=O)CCNC(=O)c1ccc([N+](=O)[O-])cc1. The van der Waals surface area contributed by atoms with Gasteiger partial charge in [0, 0.05) is 37.7 Å². The summed E-state index contributed by atoms with van der Waals surface area (Å²) in [4.78, 5) is 40.0. The fourth-order valence-electron chi connectivity index (χ4n) is 3.03. The van der Waals surface area contributed by atoms with Gasteiger partial charge in [0.2, 0.25) is 5.91 Å². The number of nitrogens with zero attached hydrogens (tertiary/aromatic N) is 4. The van der Waals surface area contributed by atoms with Gasteiger partial charge in [0.1, 0.15) is 5.82 Å². The minimum Gasteiger partial charge on any atom is -0.352 e. The Morgan fingerprint density at radius 3 is 2.52 bits per heavy atom. The van der Waals surface area contributed by atoms with E-state index < -0.39 is 17.4 Å². The summed E-state index contributed by atoms with van der Waals surface area (Å²) in [6, 6.07) is 11.5. The first-order valence-corrected chi connectivity index (χ1v) is 9.28. The molecule has 0 saturated carbocycles. The molecule has 11 heteroatoms. The van der Waals surface area contributed by atoms with Crippen LogP contribution in [-0.2, 0) is 11.3 Å². The molecule has 1 heterocycles. The standard InChI is InChI=1S/C20H19F2N5O4/c1-25(12-17-24-15-4-2-3-5-16(15)26(17)20(21)22)18(28)10-11-23-19(29)13-6-8-14(9-7-13)27(30)31/h2-9,20H,10-12H2,1H3,(H,23,29). The molecule has 0 spiro atoms. The van der Waals surface area contributed by atoms with Crippen LogP contribution in [0.3, 0.4) is 0 Å². The van der Waals surface area contributed by atoms with E-state index in [-0.39, 0.29) is 48.0 Å². The summed E-state index contributed by atoms with van der Waals surface area (Å²) in [5.74, 6) is -0.788. The Hall–Kier alpha value is -3.89. The number of imidazole rings is 1. The number of benzene rings is 2. The Morgan fingerprint density at radius 2 is 1.87 bits per heavy atom. The van der Waals surface area contributed by atoms with Crippen LogP contribution in [0, 0.1) is 10.1 Å². The van der Waals surface area contributed by atoms with Crippen molar-refractivity contribution in [3.63, 3.8) is 0 Å². The van der Waals surface area contributed by atoms with Gasteiger partial charge in [-0.3, -0.25) is 24.3 Å². The van der Waals surface area contributed by atoms with E-state index in [0.29, 0.717) is 5.52 Å². The molecule has 0 bridgehead atoms. The highest BCUT2D eigenvalue weighted by Crippen LogP contribution is 2.23. The molecule has 0 aliphatic rings. The summed E-state index contributed by atoms with van der Waals surface area (Å²) in [7, 11) is 1.47. The molecule has 31 heavy (non-hydrogen) atoms. The van der Waals surface area contributed by atoms with Crippen molar-refractivity contribution in [2.75, 3.05) is 13.6 Å². The predicted octanol–water partition coefficient (Wildman–Crippen LogP) is 3.12. The van der Waals surface area contributed by atoms with Crippen LogP contribution < -0.4 is 5.32 Å². The van der Waals surface area contributed by atoms with Gasteiger partial charge in [-0.1, -0.05) is 12.1 Å². The van der Waals surface area contributed by atoms with Crippen molar-refractivity contribution in [3.05, 3.63) is 70.0 Å². The normalized spacial score (nSPS) is 11.0. The van der Waals surface area contributed by atoms with Crippen LogP contribution in [0.4, 0.5) is 14.5 Å². The maximum absolute atomic E-state index is 13.5. The molecule has 1 aromatic heterocycles. The molecule has 0 aliphatic heterocycles. The van der Waals surface area contributed by atoms with Crippen molar-refractivity contribution in [2.24, 2.45) is 0 Å². The van der Waals surface area contributed by atoms with Gasteiger partial charge in [0.15, 0.2) is 0 Å². The Kier molecular flexibility index (Phi) is 6.53. The highest BCUT2D eigenvalue weighted by atomic mass is 19.3. The second-order valence-corrected chi connectivity index (χ2v) is 6.72. The molecule has 3 rings (SSSR count). The number of non-ortho nitro benzene ring substituents is 1. The van der Waals surface area contributed by atoms with Crippen LogP contribution >= 0.6 is 0 Å². The number of alkyl halides is 2. The molecule has 0 radical (unpaired) electrons. The van der Waals surface area contributed by atoms with Crippen molar-refractivity contribution in [1.29, 1.82) is 0 Å². The third kappa shape index (κ3) is 5.00. The van der Waals surface area contributed by atoms with Crippen molar-refractivity contribution in [2.45, 2.75) is 19.5 Å². The number of para-hydroxylation sites is 2. The second-order valence-electron chi connectivity index (χ2n) is 6.72. The number of carbonyl (C=O) groups is 2. The third-order valence-corrected chi connectivity index (χ3v) is 4.63. The second kappa shape index (κ2) is 9.28. The van der Waals surface area contributed by atoms with E-state index in [2.05, 4.69) is 10.3 Å². The van der Waals surface area contributed by atoms with Gasteiger partial charge >= 0.3 is 6.55 Å². The minimum atomic E-state index is -2.80. The van der Waals surface area contributed by atoms with Crippen molar-refractivity contribution >= 4 is 28.5 Å². The molecule has 2 aromatic carbocycles. The molecule has 9 nitrogen and oxygen atoms in total. The van der Waals surface area contributed by atoms with E-state index in [9.17, 15) is 28.5 Å². The average Bonchev–Trinajstić information content (AvgIpc) is 3.11. The number of fused-ring (bicyclic) bond motifs is 1. The smallest absolute Gasteiger partial charge is 0.320 e. The lowest BCUT2D eigenvalue weighted by molar-refractivity contribution is -0.384. The monoisotopic (exact) mass is 431 g/mol. The molecule has 0 fully saturated rings. The van der Waals surface area contributed by atoms with Gasteiger partial charge in [-0.25, -0.2) is 4.98 Å². The highest BCUT2D eigenvalue weighted by Gasteiger charge is 2.20. The van der Waals surface area contributed by atoms with Crippen LogP contribution in [0.25, 0.3) is 11.0 Å². The van der Waals surface area contributed by atoms with Crippen LogP contribution in [-0.4, -0.2) is 44.8 Å². The molecule has 0 aliphatic carbocycles. The minimum absolute atomic E-state index is 0.0181. The number of hydrogen-bond acceptors (Lipinski definition) is 5. The van der Waals surface area contributed by atoms with E-state index in [1.54, 1.807) is 18.2 Å². The zero-order chi connectivity index (χ0) is 22.5. The number of halogens is 2. The van der Waals surface area contributed by atoms with Crippen molar-refractivity contribution in [1.82, 2.24) is 19.8 Å². The molecular formula is C20H19F2N5O4. The summed E-state index contributed by atoms with van der Waals surface area (Å²) in [5.41, 5.74) is 0.776. The fraction of sp³-hybridized carbons (Fsp3) is 0.250. The summed E-state index contributed by atoms with van der Waals surface area (Å²) < 4.78 is 27.8. The number of rotatable bonds is 8. The molecule has 0 atom stereocenters. The first-order chi connectivity index (χ1) is 14.8. The number of aromatic nitrogens is 2. The predicted molar refractivity (Wildman–Crippen MR) is 108 cm³/mol. The van der Waals surface area contributed by atoms with Gasteiger partial charge in [-0.2, -0.15) is 8.78 Å². The maximum atomic E-state index is 13.5. The molecule has 162 valence electrons. The van der Waals surface area contributed by atoms with Crippen molar-refractivity contribution in [3.8, 4) is 0 Å². The van der Waals surface area contributed by atoms with Gasteiger partial charge in [-0.05, 0) is 24.3 Å². The Labute approximate surface area is 175 Å². The molecule has 0 unspecified atom stereocenters. The largest absolute Gasteiger partial charge is 0.352 e. The zero-order valence-corrected chi connectivity index (χ0v) is 16.5. The van der Waals surface area contributed by atoms with Crippen LogP contribution in [0.1, 0.15) is 29.2 Å². The van der Waals surface area contributed by atoms with Crippen LogP contribution in [0.15, 0.2) is 48.5 Å². The Bertz CT molecular complexity index is 1110. The lowest BCUT2D eigenvalue weighted by Gasteiger charge is -2.18. The van der Waals surface area contributed by atoms with Crippen LogP contribution in [0.2, 0.25) is 0 Å². The lowest BCUT2D eigenvalue weighted by atomic mass is 10.2. The summed E-state index contributed by atoms with van der Waals surface area (Å²) in [6.45, 7) is -2.90. The zero-order valence-electron chi connectivity index (χ0n) is 16.5. The number of nitro benzene ring substituents is 1. The quantitative estimate of drug-likeness (QED) is 0.435. The van der Waals surface area contributed by atoms with Gasteiger partial charge in [0.05, 0.1) is 22.5 Å². The molecule has 2 amide bonds. The molecule has 1 N–H and O–H groups in total. The number of hydrogen-bond donors (Lipinski definition) is 1. The van der Waals surface area contributed by atoms with Crippen molar-refractivity contribution < 1.29 is 23.3 Å². The molecule has 3 aromatic rings. The van der Waals surface area contributed by atoms with E-state index in [0.717, 1.165) is 4.57 Å². The molecule has 0 saturated heterocycles. The first kappa shape index (κ1) is 21.8. The Balaban J connectivity index is 1.56. The fourth-order valence-corrected chi connectivity index (χ4v) is 3.03. The summed E-state index contributed by atoms with van der Waals surface area (Å²) >= 11 is 0. The number of amides is 2. The Morgan fingerprint density at radius 1 is 1.19 bits per heavy atom. The maximum Gasteiger partial charge on any atom is 0.320 e. The van der Waals surface area contributed by atoms with Gasteiger partial charge in [-0.15, -0.1) is 0 Å². The van der Waals surface area contributed by atoms with E-state index >= 15 is 0 Å². The van der Waals surface area contributed by atoms with E-state index in [4.69, 9.17) is 0 Å². The summed E-state index contributed by atoms with van der Waals surface area (Å²) in [5, 5.41) is 13.2. The van der Waals surface area contributed by atoms with E-state index in [1.807, 2.05) is 0 Å². The lowest BCUT2D eigenvalue weighted by Crippen LogP contribution is -2.32. The average molecular weight is 431 g/mol. The van der Waals surface area contributed by atoms with Gasteiger partial charge < -0.3 is 10.2 Å². The number of carbonyl (C=O) groups excluding carboxylic acids is 2. The highest BCUT2D eigenvalue weighted by molar-refractivity contribution is 5.94. The summed E-state index contributed by atoms with van der Waals surface area (Å²) in [6.07, 6.45) is -0.0515.